The van der Waals surface area contributed by atoms with Gasteiger partial charge in [-0.3, -0.25) is 4.79 Å². The van der Waals surface area contributed by atoms with Gasteiger partial charge in [-0.2, -0.15) is 0 Å². The van der Waals surface area contributed by atoms with E-state index in [1.807, 2.05) is 39.0 Å². The van der Waals surface area contributed by atoms with Crippen molar-refractivity contribution >= 4 is 17.6 Å². The minimum Gasteiger partial charge on any atom is -0.466 e. The SMILES string of the molecule is CCNC(=O)/C(=C/C(=O)OC)Nc1cccc(C)c1C. The Bertz CT molecular complexity index is 536. The molecule has 20 heavy (non-hydrogen) atoms. The van der Waals surface area contributed by atoms with E-state index in [-0.39, 0.29) is 11.6 Å². The van der Waals surface area contributed by atoms with Gasteiger partial charge in [0.1, 0.15) is 5.70 Å². The topological polar surface area (TPSA) is 67.4 Å². The molecular weight excluding hydrogens is 256 g/mol. The molecular formula is C15H20N2O3. The molecule has 2 N–H and O–H groups in total. The summed E-state index contributed by atoms with van der Waals surface area (Å²) in [6, 6.07) is 5.72. The van der Waals surface area contributed by atoms with Gasteiger partial charge < -0.3 is 15.4 Å². The van der Waals surface area contributed by atoms with Crippen LogP contribution in [0.25, 0.3) is 0 Å². The number of esters is 1. The van der Waals surface area contributed by atoms with Crippen LogP contribution in [-0.4, -0.2) is 25.5 Å². The van der Waals surface area contributed by atoms with Gasteiger partial charge in [0.15, 0.2) is 0 Å². The number of ether oxygens (including phenoxy) is 1. The molecule has 1 rings (SSSR count). The normalized spacial score (nSPS) is 10.9. The summed E-state index contributed by atoms with van der Waals surface area (Å²) in [6.07, 6.45) is 1.15. The summed E-state index contributed by atoms with van der Waals surface area (Å²) in [5.41, 5.74) is 3.06. The highest BCUT2D eigenvalue weighted by Crippen LogP contribution is 2.19. The van der Waals surface area contributed by atoms with Gasteiger partial charge in [-0.15, -0.1) is 0 Å². The van der Waals surface area contributed by atoms with Gasteiger partial charge in [0.05, 0.1) is 13.2 Å². The molecule has 0 radical (unpaired) electrons. The first-order valence-electron chi connectivity index (χ1n) is 6.40. The molecule has 1 amide bonds. The van der Waals surface area contributed by atoms with Gasteiger partial charge >= 0.3 is 5.97 Å². The van der Waals surface area contributed by atoms with Crippen molar-refractivity contribution in [3.63, 3.8) is 0 Å². The first kappa shape index (κ1) is 15.8. The Morgan fingerprint density at radius 2 is 2.00 bits per heavy atom. The number of aryl methyl sites for hydroxylation is 1. The second-order valence-corrected chi connectivity index (χ2v) is 4.31. The molecule has 0 aromatic heterocycles. The largest absolute Gasteiger partial charge is 0.466 e. The summed E-state index contributed by atoms with van der Waals surface area (Å²) in [4.78, 5) is 23.3. The standard InChI is InChI=1S/C15H20N2O3/c1-5-16-15(19)13(9-14(18)20-4)17-12-8-6-7-10(2)11(12)3/h6-9,17H,5H2,1-4H3,(H,16,19)/b13-9-. The monoisotopic (exact) mass is 276 g/mol. The number of hydrogen-bond acceptors (Lipinski definition) is 4. The predicted octanol–water partition coefficient (Wildman–Crippen LogP) is 1.91. The molecule has 0 heterocycles. The number of rotatable bonds is 5. The lowest BCUT2D eigenvalue weighted by molar-refractivity contribution is -0.135. The van der Waals surface area contributed by atoms with E-state index in [0.29, 0.717) is 6.54 Å². The van der Waals surface area contributed by atoms with Crippen LogP contribution >= 0.6 is 0 Å². The highest BCUT2D eigenvalue weighted by Gasteiger charge is 2.12. The molecule has 1 aromatic carbocycles. The molecule has 0 bridgehead atoms. The first-order valence-corrected chi connectivity index (χ1v) is 6.40. The van der Waals surface area contributed by atoms with Crippen LogP contribution in [0, 0.1) is 13.8 Å². The fourth-order valence-corrected chi connectivity index (χ4v) is 1.62. The van der Waals surface area contributed by atoms with Crippen LogP contribution in [0.3, 0.4) is 0 Å². The van der Waals surface area contributed by atoms with Crippen LogP contribution in [0.5, 0.6) is 0 Å². The van der Waals surface area contributed by atoms with Crippen molar-refractivity contribution in [1.29, 1.82) is 0 Å². The Kier molecular flexibility index (Phi) is 5.77. The minimum atomic E-state index is -0.580. The number of anilines is 1. The minimum absolute atomic E-state index is 0.160. The van der Waals surface area contributed by atoms with Gasteiger partial charge in [0.2, 0.25) is 0 Å². The molecule has 0 aliphatic heterocycles. The third kappa shape index (κ3) is 4.12. The fourth-order valence-electron chi connectivity index (χ4n) is 1.62. The van der Waals surface area contributed by atoms with Gasteiger partial charge in [-0.25, -0.2) is 4.79 Å². The molecule has 0 fully saturated rings. The van der Waals surface area contributed by atoms with Gasteiger partial charge in [-0.1, -0.05) is 12.1 Å². The summed E-state index contributed by atoms with van der Waals surface area (Å²) in [5.74, 6) is -0.928. The van der Waals surface area contributed by atoms with E-state index in [9.17, 15) is 9.59 Å². The van der Waals surface area contributed by atoms with E-state index in [0.717, 1.165) is 22.9 Å². The second-order valence-electron chi connectivity index (χ2n) is 4.31. The van der Waals surface area contributed by atoms with E-state index >= 15 is 0 Å². The number of amides is 1. The number of carbonyl (C=O) groups is 2. The van der Waals surface area contributed by atoms with Crippen molar-refractivity contribution in [1.82, 2.24) is 5.32 Å². The van der Waals surface area contributed by atoms with E-state index in [2.05, 4.69) is 15.4 Å². The lowest BCUT2D eigenvalue weighted by Crippen LogP contribution is -2.28. The Labute approximate surface area is 119 Å². The summed E-state index contributed by atoms with van der Waals surface area (Å²) in [6.45, 7) is 6.22. The molecule has 0 aliphatic carbocycles. The van der Waals surface area contributed by atoms with Crippen molar-refractivity contribution < 1.29 is 14.3 Å². The Balaban J connectivity index is 3.06. The summed E-state index contributed by atoms with van der Waals surface area (Å²) in [7, 11) is 1.27. The highest BCUT2D eigenvalue weighted by atomic mass is 16.5. The number of likely N-dealkylation sites (N-methyl/N-ethyl adjacent to an activating group) is 1. The summed E-state index contributed by atoms with van der Waals surface area (Å²) >= 11 is 0. The van der Waals surface area contributed by atoms with Crippen LogP contribution in [-0.2, 0) is 14.3 Å². The Morgan fingerprint density at radius 3 is 2.60 bits per heavy atom. The van der Waals surface area contributed by atoms with Crippen LogP contribution in [0.15, 0.2) is 30.0 Å². The molecule has 5 heteroatoms. The number of carbonyl (C=O) groups excluding carboxylic acids is 2. The Hall–Kier alpha value is -2.30. The molecule has 1 aromatic rings. The molecule has 0 saturated heterocycles. The number of methoxy groups -OCH3 is 1. The maximum absolute atomic E-state index is 11.9. The lowest BCUT2D eigenvalue weighted by Gasteiger charge is -2.14. The average Bonchev–Trinajstić information content (AvgIpc) is 2.43. The van der Waals surface area contributed by atoms with Crippen LogP contribution in [0.4, 0.5) is 5.69 Å². The molecule has 108 valence electrons. The summed E-state index contributed by atoms with van der Waals surface area (Å²) in [5, 5.41) is 5.64. The van der Waals surface area contributed by atoms with Gasteiger partial charge in [0.25, 0.3) is 5.91 Å². The number of hydrogen-bond donors (Lipinski definition) is 2. The van der Waals surface area contributed by atoms with E-state index in [1.165, 1.54) is 7.11 Å². The maximum Gasteiger partial charge on any atom is 0.332 e. The fraction of sp³-hybridized carbons (Fsp3) is 0.333. The van der Waals surface area contributed by atoms with E-state index in [4.69, 9.17) is 0 Å². The Morgan fingerprint density at radius 1 is 1.30 bits per heavy atom. The van der Waals surface area contributed by atoms with E-state index < -0.39 is 5.97 Å². The maximum atomic E-state index is 11.9. The smallest absolute Gasteiger partial charge is 0.332 e. The zero-order chi connectivity index (χ0) is 15.1. The molecule has 0 spiro atoms. The number of nitrogens with one attached hydrogen (secondary N) is 2. The van der Waals surface area contributed by atoms with E-state index in [1.54, 1.807) is 0 Å². The van der Waals surface area contributed by atoms with Crippen LogP contribution < -0.4 is 10.6 Å². The number of benzene rings is 1. The van der Waals surface area contributed by atoms with Crippen LogP contribution in [0.2, 0.25) is 0 Å². The molecule has 5 nitrogen and oxygen atoms in total. The quantitative estimate of drug-likeness (QED) is 0.637. The van der Waals surface area contributed by atoms with Crippen molar-refractivity contribution in [2.45, 2.75) is 20.8 Å². The lowest BCUT2D eigenvalue weighted by atomic mass is 10.1. The van der Waals surface area contributed by atoms with Crippen molar-refractivity contribution in [3.05, 3.63) is 41.1 Å². The molecule has 0 atom stereocenters. The molecule has 0 saturated carbocycles. The third-order valence-electron chi connectivity index (χ3n) is 2.92. The molecule has 0 aliphatic rings. The average molecular weight is 276 g/mol. The van der Waals surface area contributed by atoms with Crippen LogP contribution in [0.1, 0.15) is 18.1 Å². The zero-order valence-corrected chi connectivity index (χ0v) is 12.2. The summed E-state index contributed by atoms with van der Waals surface area (Å²) < 4.78 is 4.57. The van der Waals surface area contributed by atoms with Gasteiger partial charge in [0, 0.05) is 12.2 Å². The van der Waals surface area contributed by atoms with Crippen molar-refractivity contribution in [2.24, 2.45) is 0 Å². The van der Waals surface area contributed by atoms with Gasteiger partial charge in [-0.05, 0) is 38.0 Å². The third-order valence-corrected chi connectivity index (χ3v) is 2.92. The van der Waals surface area contributed by atoms with Crippen molar-refractivity contribution in [3.8, 4) is 0 Å². The zero-order valence-electron chi connectivity index (χ0n) is 12.2. The second kappa shape index (κ2) is 7.33. The highest BCUT2D eigenvalue weighted by molar-refractivity contribution is 6.01. The predicted molar refractivity (Wildman–Crippen MR) is 78.3 cm³/mol. The first-order chi connectivity index (χ1) is 9.49. The van der Waals surface area contributed by atoms with Crippen molar-refractivity contribution in [2.75, 3.05) is 19.0 Å². The molecule has 0 unspecified atom stereocenters.